The van der Waals surface area contributed by atoms with E-state index in [1.807, 2.05) is 56.3 Å². The van der Waals surface area contributed by atoms with Crippen LogP contribution in [0.1, 0.15) is 29.9 Å². The van der Waals surface area contributed by atoms with Gasteiger partial charge in [-0.1, -0.05) is 54.1 Å². The van der Waals surface area contributed by atoms with Crippen LogP contribution in [0.25, 0.3) is 16.6 Å². The molecule has 0 saturated carbocycles. The summed E-state index contributed by atoms with van der Waals surface area (Å²) in [6.07, 6.45) is 0. The van der Waals surface area contributed by atoms with E-state index in [1.165, 1.54) is 0 Å². The van der Waals surface area contributed by atoms with Crippen molar-refractivity contribution in [3.63, 3.8) is 0 Å². The Morgan fingerprint density at radius 2 is 1.81 bits per heavy atom. The number of rotatable bonds is 10. The van der Waals surface area contributed by atoms with Gasteiger partial charge in [0.2, 0.25) is 5.91 Å². The number of para-hydroxylation sites is 1. The molecule has 0 aliphatic heterocycles. The van der Waals surface area contributed by atoms with Crippen LogP contribution in [0.5, 0.6) is 0 Å². The standard InChI is InChI=1S/C29H30ClN3O4/c1-20-17-23(30)13-14-26(20)33-28(31-25-12-8-7-11-24(25)29(33)35)21(2)32(15-16-36-3)27(34)19-37-18-22-9-5-4-6-10-22/h4-14,17,21H,15-16,18-19H2,1-3H3. The van der Waals surface area contributed by atoms with Crippen LogP contribution < -0.4 is 5.56 Å². The first-order valence-electron chi connectivity index (χ1n) is 12.1. The normalized spacial score (nSPS) is 12.0. The van der Waals surface area contributed by atoms with E-state index in [-0.39, 0.29) is 18.1 Å². The van der Waals surface area contributed by atoms with E-state index < -0.39 is 6.04 Å². The third-order valence-electron chi connectivity index (χ3n) is 6.24. The molecule has 1 unspecified atom stereocenters. The molecule has 1 atom stereocenters. The summed E-state index contributed by atoms with van der Waals surface area (Å²) in [7, 11) is 1.58. The minimum absolute atomic E-state index is 0.110. The van der Waals surface area contributed by atoms with Gasteiger partial charge in [-0.15, -0.1) is 0 Å². The number of hydrogen-bond acceptors (Lipinski definition) is 5. The van der Waals surface area contributed by atoms with Crippen molar-refractivity contribution in [3.05, 3.63) is 105 Å². The van der Waals surface area contributed by atoms with Gasteiger partial charge in [0, 0.05) is 18.7 Å². The van der Waals surface area contributed by atoms with Crippen LogP contribution in [-0.4, -0.2) is 47.2 Å². The maximum absolute atomic E-state index is 13.8. The van der Waals surface area contributed by atoms with E-state index in [9.17, 15) is 9.59 Å². The predicted molar refractivity (Wildman–Crippen MR) is 145 cm³/mol. The maximum Gasteiger partial charge on any atom is 0.266 e. The molecule has 4 aromatic rings. The average Bonchev–Trinajstić information content (AvgIpc) is 2.90. The van der Waals surface area contributed by atoms with E-state index in [4.69, 9.17) is 26.1 Å². The van der Waals surface area contributed by atoms with Gasteiger partial charge in [0.25, 0.3) is 5.56 Å². The summed E-state index contributed by atoms with van der Waals surface area (Å²) in [5, 5.41) is 1.07. The molecular formula is C29H30ClN3O4. The number of benzene rings is 3. The molecule has 0 N–H and O–H groups in total. The van der Waals surface area contributed by atoms with Crippen LogP contribution in [0, 0.1) is 6.92 Å². The highest BCUT2D eigenvalue weighted by molar-refractivity contribution is 6.30. The molecule has 1 heterocycles. The molecule has 1 aromatic heterocycles. The van der Waals surface area contributed by atoms with Crippen molar-refractivity contribution in [2.75, 3.05) is 26.9 Å². The fraction of sp³-hybridized carbons (Fsp3) is 0.276. The third-order valence-corrected chi connectivity index (χ3v) is 6.47. The average molecular weight is 520 g/mol. The number of carbonyl (C=O) groups excluding carboxylic acids is 1. The molecule has 0 aliphatic carbocycles. The van der Waals surface area contributed by atoms with E-state index >= 15 is 0 Å². The largest absolute Gasteiger partial charge is 0.383 e. The van der Waals surface area contributed by atoms with Crippen molar-refractivity contribution in [1.29, 1.82) is 0 Å². The molecule has 0 fully saturated rings. The number of hydrogen-bond donors (Lipinski definition) is 0. The molecule has 8 heteroatoms. The number of methoxy groups -OCH3 is 1. The summed E-state index contributed by atoms with van der Waals surface area (Å²) in [5.41, 5.74) is 2.82. The number of carbonyl (C=O) groups is 1. The molecule has 1 amide bonds. The maximum atomic E-state index is 13.8. The van der Waals surface area contributed by atoms with Crippen LogP contribution in [0.2, 0.25) is 5.02 Å². The number of aryl methyl sites for hydroxylation is 1. The lowest BCUT2D eigenvalue weighted by Gasteiger charge is -2.30. The first-order chi connectivity index (χ1) is 17.9. The highest BCUT2D eigenvalue weighted by Gasteiger charge is 2.27. The molecule has 0 aliphatic rings. The molecule has 4 rings (SSSR count). The Bertz CT molecular complexity index is 1440. The number of aromatic nitrogens is 2. The second-order valence-corrected chi connectivity index (χ2v) is 9.23. The van der Waals surface area contributed by atoms with Crippen LogP contribution in [0.4, 0.5) is 0 Å². The lowest BCUT2D eigenvalue weighted by atomic mass is 10.1. The Hall–Kier alpha value is -3.52. The minimum atomic E-state index is -0.546. The van der Waals surface area contributed by atoms with Gasteiger partial charge in [-0.2, -0.15) is 0 Å². The molecule has 0 saturated heterocycles. The smallest absolute Gasteiger partial charge is 0.266 e. The van der Waals surface area contributed by atoms with Gasteiger partial charge in [0.15, 0.2) is 0 Å². The zero-order valence-electron chi connectivity index (χ0n) is 21.2. The van der Waals surface area contributed by atoms with Gasteiger partial charge < -0.3 is 14.4 Å². The third kappa shape index (κ3) is 6.07. The van der Waals surface area contributed by atoms with Crippen molar-refractivity contribution in [1.82, 2.24) is 14.5 Å². The summed E-state index contributed by atoms with van der Waals surface area (Å²) in [6, 6.07) is 21.7. The van der Waals surface area contributed by atoms with Gasteiger partial charge in [0.05, 0.1) is 35.8 Å². The van der Waals surface area contributed by atoms with E-state index in [0.717, 1.165) is 11.1 Å². The minimum Gasteiger partial charge on any atom is -0.383 e. The summed E-state index contributed by atoms with van der Waals surface area (Å²) in [6.45, 7) is 4.61. The molecule has 192 valence electrons. The molecule has 3 aromatic carbocycles. The summed E-state index contributed by atoms with van der Waals surface area (Å²) >= 11 is 6.20. The fourth-order valence-corrected chi connectivity index (χ4v) is 4.54. The highest BCUT2D eigenvalue weighted by atomic mass is 35.5. The summed E-state index contributed by atoms with van der Waals surface area (Å²) in [4.78, 5) is 33.7. The van der Waals surface area contributed by atoms with Crippen molar-refractivity contribution in [2.45, 2.75) is 26.5 Å². The first kappa shape index (κ1) is 26.5. The second kappa shape index (κ2) is 12.1. The Labute approximate surface area is 221 Å². The van der Waals surface area contributed by atoms with Crippen LogP contribution in [-0.2, 0) is 20.9 Å². The van der Waals surface area contributed by atoms with E-state index in [1.54, 1.807) is 46.9 Å². The second-order valence-electron chi connectivity index (χ2n) is 8.79. The SMILES string of the molecule is COCCN(C(=O)COCc1ccccc1)C(C)c1nc2ccccc2c(=O)n1-c1ccc(Cl)cc1C. The monoisotopic (exact) mass is 519 g/mol. The van der Waals surface area contributed by atoms with Crippen LogP contribution in [0.15, 0.2) is 77.6 Å². The topological polar surface area (TPSA) is 73.7 Å². The Morgan fingerprint density at radius 1 is 1.08 bits per heavy atom. The lowest BCUT2D eigenvalue weighted by molar-refractivity contribution is -0.139. The molecular weight excluding hydrogens is 490 g/mol. The lowest BCUT2D eigenvalue weighted by Crippen LogP contribution is -2.41. The number of halogens is 1. The van der Waals surface area contributed by atoms with Gasteiger partial charge in [-0.05, 0) is 55.3 Å². The number of fused-ring (bicyclic) bond motifs is 1. The summed E-state index contributed by atoms with van der Waals surface area (Å²) in [5.74, 6) is 0.226. The summed E-state index contributed by atoms with van der Waals surface area (Å²) < 4.78 is 12.6. The molecule has 7 nitrogen and oxygen atoms in total. The Kier molecular flexibility index (Phi) is 8.71. The Morgan fingerprint density at radius 3 is 2.54 bits per heavy atom. The zero-order chi connectivity index (χ0) is 26.4. The number of amides is 1. The number of nitrogens with zero attached hydrogens (tertiary/aromatic N) is 3. The molecule has 0 radical (unpaired) electrons. The van der Waals surface area contributed by atoms with Gasteiger partial charge in [0.1, 0.15) is 12.4 Å². The van der Waals surface area contributed by atoms with Crippen molar-refractivity contribution < 1.29 is 14.3 Å². The van der Waals surface area contributed by atoms with E-state index in [2.05, 4.69) is 0 Å². The fourth-order valence-electron chi connectivity index (χ4n) is 4.31. The Balaban J connectivity index is 1.73. The quantitative estimate of drug-likeness (QED) is 0.291. The molecule has 0 bridgehead atoms. The van der Waals surface area contributed by atoms with Crippen LogP contribution in [0.3, 0.4) is 0 Å². The van der Waals surface area contributed by atoms with Gasteiger partial charge in [-0.25, -0.2) is 4.98 Å². The van der Waals surface area contributed by atoms with E-state index in [0.29, 0.717) is 47.2 Å². The molecule has 37 heavy (non-hydrogen) atoms. The highest BCUT2D eigenvalue weighted by Crippen LogP contribution is 2.26. The first-order valence-corrected chi connectivity index (χ1v) is 12.5. The predicted octanol–water partition coefficient (Wildman–Crippen LogP) is 5.10. The zero-order valence-corrected chi connectivity index (χ0v) is 21.9. The van der Waals surface area contributed by atoms with Gasteiger partial charge in [-0.3, -0.25) is 14.2 Å². The van der Waals surface area contributed by atoms with Crippen molar-refractivity contribution in [2.24, 2.45) is 0 Å². The molecule has 0 spiro atoms. The van der Waals surface area contributed by atoms with Crippen molar-refractivity contribution in [3.8, 4) is 5.69 Å². The van der Waals surface area contributed by atoms with Crippen molar-refractivity contribution >= 4 is 28.4 Å². The number of ether oxygens (including phenoxy) is 2. The van der Waals surface area contributed by atoms with Crippen LogP contribution >= 0.6 is 11.6 Å². The van der Waals surface area contributed by atoms with Gasteiger partial charge >= 0.3 is 0 Å².